The van der Waals surface area contributed by atoms with Crippen LogP contribution in [0, 0.1) is 0 Å². The summed E-state index contributed by atoms with van der Waals surface area (Å²) in [5.41, 5.74) is 21.3. The molecule has 0 spiro atoms. The summed E-state index contributed by atoms with van der Waals surface area (Å²) in [7, 11) is 0. The summed E-state index contributed by atoms with van der Waals surface area (Å²) in [5.74, 6) is 0. The molecule has 0 aliphatic carbocycles. The van der Waals surface area contributed by atoms with Gasteiger partial charge in [0.2, 0.25) is 0 Å². The second kappa shape index (κ2) is 21.0. The molecule has 0 bridgehead atoms. The minimum absolute atomic E-state index is 0.846. The van der Waals surface area contributed by atoms with Gasteiger partial charge in [-0.15, -0.1) is 0 Å². The van der Waals surface area contributed by atoms with Gasteiger partial charge in [-0.25, -0.2) is 9.97 Å². The average Bonchev–Trinajstić information content (AvgIpc) is 3.58. The topological polar surface area (TPSA) is 32.3 Å². The van der Waals surface area contributed by atoms with Crippen LogP contribution in [0.25, 0.3) is 99.6 Å². The summed E-state index contributed by atoms with van der Waals surface area (Å²) in [6, 6.07) is 113. The van der Waals surface area contributed by atoms with E-state index in [-0.39, 0.29) is 0 Å². The normalized spacial score (nSPS) is 11.2. The molecule has 14 aromatic rings. The van der Waals surface area contributed by atoms with E-state index in [9.17, 15) is 0 Å². The summed E-state index contributed by atoms with van der Waals surface area (Å²) in [5, 5.41) is 4.99. The van der Waals surface area contributed by atoms with Crippen molar-refractivity contribution in [1.82, 2.24) is 9.97 Å². The quantitative estimate of drug-likeness (QED) is 0.122. The molecule has 4 heteroatoms. The summed E-state index contributed by atoms with van der Waals surface area (Å²) in [6.07, 6.45) is 0. The second-order valence-electron chi connectivity index (χ2n) is 20.1. The molecule has 1 aromatic heterocycles. The highest BCUT2D eigenvalue weighted by Crippen LogP contribution is 2.41. The monoisotopic (exact) mass is 1020 g/mol. The lowest BCUT2D eigenvalue weighted by Gasteiger charge is -2.26. The predicted molar refractivity (Wildman–Crippen MR) is 337 cm³/mol. The van der Waals surface area contributed by atoms with Crippen LogP contribution in [-0.4, -0.2) is 9.97 Å². The zero-order valence-electron chi connectivity index (χ0n) is 43.8. The third kappa shape index (κ3) is 9.31. The predicted octanol–water partition coefficient (Wildman–Crippen LogP) is 20.9. The van der Waals surface area contributed by atoms with Crippen molar-refractivity contribution in [2.45, 2.75) is 0 Å². The molecule has 0 N–H and O–H groups in total. The van der Waals surface area contributed by atoms with Crippen molar-refractivity contribution >= 4 is 66.7 Å². The maximum Gasteiger partial charge on any atom is 0.0973 e. The Kier molecular flexibility index (Phi) is 12.6. The van der Waals surface area contributed by atoms with Gasteiger partial charge in [-0.05, 0) is 151 Å². The van der Waals surface area contributed by atoms with Gasteiger partial charge in [-0.1, -0.05) is 231 Å². The van der Waals surface area contributed by atoms with E-state index in [0.29, 0.717) is 0 Å². The number of anilines is 6. The van der Waals surface area contributed by atoms with Crippen LogP contribution < -0.4 is 9.80 Å². The Hall–Kier alpha value is -10.7. The average molecular weight is 1020 g/mol. The first kappa shape index (κ1) is 47.7. The molecule has 0 fully saturated rings. The third-order valence-electron chi connectivity index (χ3n) is 15.3. The summed E-state index contributed by atoms with van der Waals surface area (Å²) >= 11 is 0. The van der Waals surface area contributed by atoms with Crippen molar-refractivity contribution in [3.8, 4) is 67.0 Å². The van der Waals surface area contributed by atoms with Crippen LogP contribution >= 0.6 is 0 Å². The zero-order chi connectivity index (χ0) is 53.2. The number of nitrogens with zero attached hydrogens (tertiary/aromatic N) is 4. The van der Waals surface area contributed by atoms with E-state index in [4.69, 9.17) is 9.97 Å². The molecule has 376 valence electrons. The van der Waals surface area contributed by atoms with Crippen molar-refractivity contribution in [3.05, 3.63) is 315 Å². The maximum absolute atomic E-state index is 5.26. The van der Waals surface area contributed by atoms with E-state index in [0.717, 1.165) is 89.9 Å². The third-order valence-corrected chi connectivity index (χ3v) is 15.3. The van der Waals surface area contributed by atoms with E-state index in [1.807, 2.05) is 24.3 Å². The van der Waals surface area contributed by atoms with Gasteiger partial charge in [0, 0.05) is 45.3 Å². The molecule has 0 amide bonds. The molecular formula is C76H52N4. The van der Waals surface area contributed by atoms with Gasteiger partial charge >= 0.3 is 0 Å². The number of rotatable bonds is 12. The molecule has 13 aromatic carbocycles. The molecule has 0 aliphatic heterocycles. The van der Waals surface area contributed by atoms with Crippen LogP contribution in [0.3, 0.4) is 0 Å². The molecule has 0 radical (unpaired) electrons. The largest absolute Gasteiger partial charge is 0.311 e. The zero-order valence-corrected chi connectivity index (χ0v) is 43.8. The first-order valence-corrected chi connectivity index (χ1v) is 27.2. The molecule has 0 atom stereocenters. The Balaban J connectivity index is 0.724. The fraction of sp³-hybridized carbons (Fsp3) is 0. The van der Waals surface area contributed by atoms with Gasteiger partial charge in [0.25, 0.3) is 0 Å². The van der Waals surface area contributed by atoms with Crippen LogP contribution in [0.2, 0.25) is 0 Å². The highest BCUT2D eigenvalue weighted by Gasteiger charge is 2.18. The Morgan fingerprint density at radius 3 is 0.812 bits per heavy atom. The van der Waals surface area contributed by atoms with Gasteiger partial charge in [0.05, 0.1) is 22.4 Å². The van der Waals surface area contributed by atoms with Crippen LogP contribution in [-0.2, 0) is 0 Å². The van der Waals surface area contributed by atoms with Crippen molar-refractivity contribution in [1.29, 1.82) is 0 Å². The van der Waals surface area contributed by atoms with Gasteiger partial charge in [0.1, 0.15) is 0 Å². The Labute approximate surface area is 466 Å². The number of fused-ring (bicyclic) bond motifs is 3. The first-order chi connectivity index (χ1) is 39.6. The first-order valence-electron chi connectivity index (χ1n) is 27.2. The van der Waals surface area contributed by atoms with Crippen LogP contribution in [0.4, 0.5) is 34.1 Å². The number of benzene rings is 13. The molecule has 14 rings (SSSR count). The number of hydrogen-bond donors (Lipinski definition) is 0. The molecule has 1 heterocycles. The minimum atomic E-state index is 0.846. The molecule has 80 heavy (non-hydrogen) atoms. The lowest BCUT2D eigenvalue weighted by Crippen LogP contribution is -2.09. The molecule has 0 unspecified atom stereocenters. The fourth-order valence-corrected chi connectivity index (χ4v) is 11.2. The lowest BCUT2D eigenvalue weighted by atomic mass is 9.97. The van der Waals surface area contributed by atoms with Crippen LogP contribution in [0.1, 0.15) is 0 Å². The van der Waals surface area contributed by atoms with Crippen molar-refractivity contribution < 1.29 is 0 Å². The standard InChI is InChI=1S/C76H52N4/c1-3-19-63(20-4-1)79(67-49-41-59(42-50-67)71-25-13-17-57-15-7-9-23-69(57)71)65-45-37-55(38-46-65)53-29-33-61(34-30-53)75-76(78-74-28-12-11-27-73(74)77-75)62-35-31-54(32-36-62)56-39-47-66(48-40-56)80(64-21-5-2-6-22-64)68-51-43-60(44-52-68)72-26-14-18-58-16-8-10-24-70(58)72/h1-52H. The Morgan fingerprint density at radius 2 is 0.450 bits per heavy atom. The van der Waals surface area contributed by atoms with Gasteiger partial charge in [-0.3, -0.25) is 0 Å². The van der Waals surface area contributed by atoms with Gasteiger partial charge in [0.15, 0.2) is 0 Å². The van der Waals surface area contributed by atoms with E-state index < -0.39 is 0 Å². The summed E-state index contributed by atoms with van der Waals surface area (Å²) in [4.78, 5) is 15.2. The van der Waals surface area contributed by atoms with Crippen LogP contribution in [0.15, 0.2) is 315 Å². The highest BCUT2D eigenvalue weighted by molar-refractivity contribution is 5.98. The van der Waals surface area contributed by atoms with Crippen LogP contribution in [0.5, 0.6) is 0 Å². The van der Waals surface area contributed by atoms with E-state index in [1.165, 1.54) is 43.8 Å². The lowest BCUT2D eigenvalue weighted by molar-refractivity contribution is 1.28. The van der Waals surface area contributed by atoms with Crippen molar-refractivity contribution in [2.75, 3.05) is 9.80 Å². The number of aromatic nitrogens is 2. The number of para-hydroxylation sites is 4. The van der Waals surface area contributed by atoms with E-state index >= 15 is 0 Å². The maximum atomic E-state index is 5.26. The Bertz CT molecular complexity index is 4160. The Morgan fingerprint density at radius 1 is 0.188 bits per heavy atom. The minimum Gasteiger partial charge on any atom is -0.311 e. The molecular weight excluding hydrogens is 969 g/mol. The van der Waals surface area contributed by atoms with E-state index in [2.05, 4.69) is 301 Å². The van der Waals surface area contributed by atoms with Crippen molar-refractivity contribution in [3.63, 3.8) is 0 Å². The summed E-state index contributed by atoms with van der Waals surface area (Å²) < 4.78 is 0. The second-order valence-corrected chi connectivity index (χ2v) is 20.1. The smallest absolute Gasteiger partial charge is 0.0973 e. The fourth-order valence-electron chi connectivity index (χ4n) is 11.2. The van der Waals surface area contributed by atoms with E-state index in [1.54, 1.807) is 0 Å². The molecule has 0 saturated heterocycles. The molecule has 4 nitrogen and oxygen atoms in total. The molecule has 0 aliphatic rings. The van der Waals surface area contributed by atoms with Gasteiger partial charge < -0.3 is 9.80 Å². The highest BCUT2D eigenvalue weighted by atomic mass is 15.1. The van der Waals surface area contributed by atoms with Gasteiger partial charge in [-0.2, -0.15) is 0 Å². The SMILES string of the molecule is c1ccc(N(c2ccc(-c3ccc(-c4nc5ccccc5nc4-c4ccc(-c5ccc(N(c6ccccc6)c6ccc(-c7cccc8ccccc78)cc6)cc5)cc4)cc3)cc2)c2ccc(-c3cccc4ccccc34)cc2)cc1. The molecule has 0 saturated carbocycles. The summed E-state index contributed by atoms with van der Waals surface area (Å²) in [6.45, 7) is 0. The van der Waals surface area contributed by atoms with Crippen molar-refractivity contribution in [2.24, 2.45) is 0 Å². The number of hydrogen-bond acceptors (Lipinski definition) is 4.